The van der Waals surface area contributed by atoms with Crippen molar-refractivity contribution in [2.24, 2.45) is 0 Å². The SMILES string of the molecule is COc1ccc(-c2ccccc2)c(CC(=O)N(Cc2ccccc2F)C2Cc3ccccc3C2)c1. The monoisotopic (exact) mass is 465 g/mol. The largest absolute Gasteiger partial charge is 0.497 e. The number of hydrogen-bond acceptors (Lipinski definition) is 2. The third-order valence-corrected chi connectivity index (χ3v) is 6.83. The Morgan fingerprint density at radius 2 is 1.51 bits per heavy atom. The summed E-state index contributed by atoms with van der Waals surface area (Å²) in [5.41, 5.74) is 6.00. The highest BCUT2D eigenvalue weighted by molar-refractivity contribution is 5.83. The molecule has 0 fully saturated rings. The molecule has 176 valence electrons. The Morgan fingerprint density at radius 3 is 2.20 bits per heavy atom. The fourth-order valence-corrected chi connectivity index (χ4v) is 4.99. The first kappa shape index (κ1) is 22.9. The fourth-order valence-electron chi connectivity index (χ4n) is 4.99. The first-order chi connectivity index (χ1) is 17.1. The number of nitrogens with zero attached hydrogens (tertiary/aromatic N) is 1. The summed E-state index contributed by atoms with van der Waals surface area (Å²) in [4.78, 5) is 15.8. The van der Waals surface area contributed by atoms with Gasteiger partial charge in [-0.05, 0) is 58.9 Å². The predicted octanol–water partition coefficient (Wildman–Crippen LogP) is 6.24. The van der Waals surface area contributed by atoms with Crippen molar-refractivity contribution < 1.29 is 13.9 Å². The van der Waals surface area contributed by atoms with Crippen LogP contribution in [0.25, 0.3) is 11.1 Å². The van der Waals surface area contributed by atoms with Gasteiger partial charge in [0.2, 0.25) is 5.91 Å². The first-order valence-corrected chi connectivity index (χ1v) is 11.9. The van der Waals surface area contributed by atoms with Crippen LogP contribution in [0.15, 0.2) is 97.1 Å². The van der Waals surface area contributed by atoms with E-state index in [2.05, 4.69) is 12.1 Å². The molecule has 0 spiro atoms. The van der Waals surface area contributed by atoms with E-state index in [1.807, 2.05) is 71.6 Å². The molecule has 4 heteroatoms. The molecule has 35 heavy (non-hydrogen) atoms. The van der Waals surface area contributed by atoms with Gasteiger partial charge in [-0.25, -0.2) is 4.39 Å². The molecule has 5 rings (SSSR count). The molecule has 0 saturated carbocycles. The molecular weight excluding hydrogens is 437 g/mol. The van der Waals surface area contributed by atoms with Crippen LogP contribution in [0.5, 0.6) is 5.75 Å². The number of carbonyl (C=O) groups excluding carboxylic acids is 1. The number of carbonyl (C=O) groups is 1. The number of benzene rings is 4. The van der Waals surface area contributed by atoms with Gasteiger partial charge in [-0.3, -0.25) is 4.79 Å². The zero-order valence-corrected chi connectivity index (χ0v) is 19.8. The number of hydrogen-bond donors (Lipinski definition) is 0. The Kier molecular flexibility index (Phi) is 6.62. The Labute approximate surface area is 205 Å². The highest BCUT2D eigenvalue weighted by Gasteiger charge is 2.31. The van der Waals surface area contributed by atoms with Crippen LogP contribution < -0.4 is 4.74 Å². The second-order valence-electron chi connectivity index (χ2n) is 9.01. The summed E-state index contributed by atoms with van der Waals surface area (Å²) in [6.45, 7) is 0.245. The number of rotatable bonds is 7. The van der Waals surface area contributed by atoms with Gasteiger partial charge in [-0.15, -0.1) is 0 Å². The molecule has 0 heterocycles. The van der Waals surface area contributed by atoms with Crippen molar-refractivity contribution in [2.75, 3.05) is 7.11 Å². The van der Waals surface area contributed by atoms with Crippen molar-refractivity contribution in [3.8, 4) is 16.9 Å². The van der Waals surface area contributed by atoms with Crippen LogP contribution in [0.2, 0.25) is 0 Å². The molecule has 1 aliphatic carbocycles. The van der Waals surface area contributed by atoms with E-state index in [-0.39, 0.29) is 30.7 Å². The molecule has 0 unspecified atom stereocenters. The van der Waals surface area contributed by atoms with Crippen LogP contribution in [0.4, 0.5) is 4.39 Å². The number of amides is 1. The minimum atomic E-state index is -0.285. The number of ether oxygens (including phenoxy) is 1. The van der Waals surface area contributed by atoms with Gasteiger partial charge >= 0.3 is 0 Å². The van der Waals surface area contributed by atoms with Gasteiger partial charge in [0, 0.05) is 18.2 Å². The van der Waals surface area contributed by atoms with E-state index in [0.29, 0.717) is 11.3 Å². The van der Waals surface area contributed by atoms with Crippen molar-refractivity contribution in [1.29, 1.82) is 0 Å². The lowest BCUT2D eigenvalue weighted by molar-refractivity contribution is -0.133. The third-order valence-electron chi connectivity index (χ3n) is 6.83. The van der Waals surface area contributed by atoms with Gasteiger partial charge in [0.15, 0.2) is 0 Å². The average molecular weight is 466 g/mol. The van der Waals surface area contributed by atoms with Gasteiger partial charge in [0.05, 0.1) is 13.5 Å². The number of halogens is 1. The smallest absolute Gasteiger partial charge is 0.227 e. The molecule has 1 amide bonds. The Morgan fingerprint density at radius 1 is 0.857 bits per heavy atom. The molecule has 0 aromatic heterocycles. The molecule has 4 aromatic rings. The molecule has 3 nitrogen and oxygen atoms in total. The lowest BCUT2D eigenvalue weighted by atomic mass is 9.96. The Hall–Kier alpha value is -3.92. The standard InChI is InChI=1S/C31H28FNO2/c1-35-28-15-16-29(22-9-3-2-4-10-22)26(19-28)20-31(34)33(21-25-13-7-8-14-30(25)32)27-17-23-11-5-6-12-24(23)18-27/h2-16,19,27H,17-18,20-21H2,1H3. The lowest BCUT2D eigenvalue weighted by Crippen LogP contribution is -2.41. The third kappa shape index (κ3) is 4.97. The maximum atomic E-state index is 14.6. The van der Waals surface area contributed by atoms with Crippen molar-refractivity contribution in [2.45, 2.75) is 31.8 Å². The highest BCUT2D eigenvalue weighted by Crippen LogP contribution is 2.31. The predicted molar refractivity (Wildman–Crippen MR) is 137 cm³/mol. The highest BCUT2D eigenvalue weighted by atomic mass is 19.1. The molecule has 0 N–H and O–H groups in total. The summed E-state index contributed by atoms with van der Waals surface area (Å²) in [5, 5.41) is 0. The van der Waals surface area contributed by atoms with E-state index in [0.717, 1.165) is 29.5 Å². The Balaban J connectivity index is 1.48. The van der Waals surface area contributed by atoms with Gasteiger partial charge in [-0.1, -0.05) is 78.9 Å². The van der Waals surface area contributed by atoms with E-state index >= 15 is 0 Å². The van der Waals surface area contributed by atoms with Crippen LogP contribution in [-0.4, -0.2) is 24.0 Å². The number of methoxy groups -OCH3 is 1. The van der Waals surface area contributed by atoms with Gasteiger partial charge in [0.1, 0.15) is 11.6 Å². The van der Waals surface area contributed by atoms with Crippen molar-refractivity contribution in [1.82, 2.24) is 4.90 Å². The zero-order chi connectivity index (χ0) is 24.2. The molecular formula is C31H28FNO2. The molecule has 0 saturated heterocycles. The second kappa shape index (κ2) is 10.1. The molecule has 4 aromatic carbocycles. The van der Waals surface area contributed by atoms with E-state index in [1.54, 1.807) is 19.2 Å². The van der Waals surface area contributed by atoms with Crippen LogP contribution in [0.1, 0.15) is 22.3 Å². The maximum Gasteiger partial charge on any atom is 0.227 e. The normalized spacial score (nSPS) is 12.9. The summed E-state index contributed by atoms with van der Waals surface area (Å²) >= 11 is 0. The maximum absolute atomic E-state index is 14.6. The number of fused-ring (bicyclic) bond motifs is 1. The minimum Gasteiger partial charge on any atom is -0.497 e. The van der Waals surface area contributed by atoms with Crippen LogP contribution in [0.3, 0.4) is 0 Å². The van der Waals surface area contributed by atoms with Crippen LogP contribution in [0, 0.1) is 5.82 Å². The lowest BCUT2D eigenvalue weighted by Gasteiger charge is -2.30. The quantitative estimate of drug-likeness (QED) is 0.323. The van der Waals surface area contributed by atoms with Gasteiger partial charge in [0.25, 0.3) is 0 Å². The molecule has 0 radical (unpaired) electrons. The summed E-state index contributed by atoms with van der Waals surface area (Å²) in [5.74, 6) is 0.407. The summed E-state index contributed by atoms with van der Waals surface area (Å²) in [6, 6.07) is 30.9. The topological polar surface area (TPSA) is 29.5 Å². The van der Waals surface area contributed by atoms with E-state index < -0.39 is 0 Å². The summed E-state index contributed by atoms with van der Waals surface area (Å²) in [7, 11) is 1.63. The summed E-state index contributed by atoms with van der Waals surface area (Å²) < 4.78 is 20.1. The Bertz CT molecular complexity index is 1310. The first-order valence-electron chi connectivity index (χ1n) is 11.9. The fraction of sp³-hybridized carbons (Fsp3) is 0.194. The zero-order valence-electron chi connectivity index (χ0n) is 19.8. The van der Waals surface area contributed by atoms with Crippen molar-refractivity contribution in [3.05, 3.63) is 125 Å². The van der Waals surface area contributed by atoms with E-state index in [9.17, 15) is 9.18 Å². The van der Waals surface area contributed by atoms with Crippen LogP contribution in [-0.2, 0) is 30.6 Å². The van der Waals surface area contributed by atoms with Gasteiger partial charge in [-0.2, -0.15) is 0 Å². The molecule has 1 aliphatic rings. The van der Waals surface area contributed by atoms with Gasteiger partial charge < -0.3 is 9.64 Å². The second-order valence-corrected chi connectivity index (χ2v) is 9.01. The van der Waals surface area contributed by atoms with Crippen molar-refractivity contribution in [3.63, 3.8) is 0 Å². The molecule has 0 atom stereocenters. The van der Waals surface area contributed by atoms with E-state index in [4.69, 9.17) is 4.74 Å². The van der Waals surface area contributed by atoms with Crippen molar-refractivity contribution >= 4 is 5.91 Å². The minimum absolute atomic E-state index is 0.00899. The van der Waals surface area contributed by atoms with Crippen LogP contribution >= 0.6 is 0 Å². The molecule has 0 aliphatic heterocycles. The average Bonchev–Trinajstić information content (AvgIpc) is 3.32. The summed E-state index contributed by atoms with van der Waals surface area (Å²) in [6.07, 6.45) is 1.77. The molecule has 0 bridgehead atoms. The van der Waals surface area contributed by atoms with E-state index in [1.165, 1.54) is 17.2 Å².